The first kappa shape index (κ1) is 14.7. The van der Waals surface area contributed by atoms with Crippen LogP contribution in [-0.2, 0) is 21.3 Å². The van der Waals surface area contributed by atoms with Crippen molar-refractivity contribution < 1.29 is 19.4 Å². The van der Waals surface area contributed by atoms with E-state index in [0.717, 1.165) is 5.56 Å². The Morgan fingerprint density at radius 2 is 2.11 bits per heavy atom. The number of esters is 1. The summed E-state index contributed by atoms with van der Waals surface area (Å²) in [5, 5.41) is 9.37. The molecule has 0 aliphatic rings. The van der Waals surface area contributed by atoms with Gasteiger partial charge in [-0.2, -0.15) is 0 Å². The van der Waals surface area contributed by atoms with Gasteiger partial charge >= 0.3 is 11.9 Å². The first-order valence-corrected chi connectivity index (χ1v) is 6.77. The summed E-state index contributed by atoms with van der Waals surface area (Å²) in [6.45, 7) is 2.04. The van der Waals surface area contributed by atoms with Gasteiger partial charge in [0.05, 0.1) is 12.2 Å². The van der Waals surface area contributed by atoms with Gasteiger partial charge in [-0.1, -0.05) is 28.1 Å². The number of carbonyl (C=O) groups excluding carboxylic acids is 1. The zero-order valence-electron chi connectivity index (χ0n) is 10.1. The van der Waals surface area contributed by atoms with Gasteiger partial charge < -0.3 is 9.84 Å². The van der Waals surface area contributed by atoms with E-state index in [4.69, 9.17) is 9.84 Å². The Morgan fingerprint density at radius 3 is 2.67 bits per heavy atom. The molecule has 5 heteroatoms. The second-order valence-corrected chi connectivity index (χ2v) is 4.30. The van der Waals surface area contributed by atoms with Crippen molar-refractivity contribution in [1.82, 2.24) is 0 Å². The highest BCUT2D eigenvalue weighted by atomic mass is 79.9. The van der Waals surface area contributed by atoms with Gasteiger partial charge in [0, 0.05) is 11.8 Å². The zero-order chi connectivity index (χ0) is 13.5. The molecule has 18 heavy (non-hydrogen) atoms. The SMILES string of the molecule is CCOC(=O)c1ccc(CBr)cc1CCC(=O)O. The number of carboxylic acids is 1. The molecule has 1 aromatic rings. The average Bonchev–Trinajstić information content (AvgIpc) is 2.36. The summed E-state index contributed by atoms with van der Waals surface area (Å²) >= 11 is 3.33. The molecule has 0 atom stereocenters. The van der Waals surface area contributed by atoms with E-state index in [1.165, 1.54) is 0 Å². The Kier molecular flexibility index (Phi) is 5.85. The molecule has 0 fully saturated rings. The van der Waals surface area contributed by atoms with Gasteiger partial charge in [-0.15, -0.1) is 0 Å². The number of alkyl halides is 1. The molecule has 1 aromatic carbocycles. The molecular weight excluding hydrogens is 300 g/mol. The molecule has 0 aliphatic carbocycles. The highest BCUT2D eigenvalue weighted by molar-refractivity contribution is 9.08. The quantitative estimate of drug-likeness (QED) is 0.648. The van der Waals surface area contributed by atoms with Crippen molar-refractivity contribution in [1.29, 1.82) is 0 Å². The van der Waals surface area contributed by atoms with Crippen LogP contribution in [0.4, 0.5) is 0 Å². The highest BCUT2D eigenvalue weighted by Crippen LogP contribution is 2.17. The standard InChI is InChI=1S/C13H15BrO4/c1-2-18-13(17)11-5-3-9(8-14)7-10(11)4-6-12(15)16/h3,5,7H,2,4,6,8H2,1H3,(H,15,16). The number of hydrogen-bond donors (Lipinski definition) is 1. The lowest BCUT2D eigenvalue weighted by molar-refractivity contribution is -0.136. The number of benzene rings is 1. The summed E-state index contributed by atoms with van der Waals surface area (Å²) in [5.74, 6) is -1.28. The number of aliphatic carboxylic acids is 1. The van der Waals surface area contributed by atoms with E-state index in [-0.39, 0.29) is 6.42 Å². The topological polar surface area (TPSA) is 63.6 Å². The minimum Gasteiger partial charge on any atom is -0.481 e. The predicted octanol–water partition coefficient (Wildman–Crippen LogP) is 2.78. The molecule has 0 aliphatic heterocycles. The van der Waals surface area contributed by atoms with Crippen LogP contribution in [0.5, 0.6) is 0 Å². The van der Waals surface area contributed by atoms with E-state index in [1.54, 1.807) is 13.0 Å². The number of halogens is 1. The summed E-state index contributed by atoms with van der Waals surface area (Å²) in [6, 6.07) is 5.35. The number of carboxylic acid groups (broad SMARTS) is 1. The molecule has 1 rings (SSSR count). The first-order valence-electron chi connectivity index (χ1n) is 5.65. The van der Waals surface area contributed by atoms with E-state index < -0.39 is 11.9 Å². The minimum atomic E-state index is -0.881. The third-order valence-corrected chi connectivity index (χ3v) is 3.07. The Labute approximate surface area is 114 Å². The normalized spacial score (nSPS) is 10.1. The van der Waals surface area contributed by atoms with Crippen molar-refractivity contribution in [2.24, 2.45) is 0 Å². The minimum absolute atomic E-state index is 0.00184. The number of aryl methyl sites for hydroxylation is 1. The van der Waals surface area contributed by atoms with Crippen LogP contribution in [0.1, 0.15) is 34.8 Å². The van der Waals surface area contributed by atoms with Crippen LogP contribution in [0.15, 0.2) is 18.2 Å². The van der Waals surface area contributed by atoms with Gasteiger partial charge in [0.1, 0.15) is 0 Å². The summed E-state index contributed by atoms with van der Waals surface area (Å²) in [7, 11) is 0. The van der Waals surface area contributed by atoms with E-state index in [1.807, 2.05) is 12.1 Å². The van der Waals surface area contributed by atoms with Crippen LogP contribution in [0.25, 0.3) is 0 Å². The number of carbonyl (C=O) groups is 2. The van der Waals surface area contributed by atoms with Gasteiger partial charge in [0.15, 0.2) is 0 Å². The van der Waals surface area contributed by atoms with Crippen LogP contribution < -0.4 is 0 Å². The van der Waals surface area contributed by atoms with Crippen LogP contribution in [-0.4, -0.2) is 23.7 Å². The molecule has 98 valence electrons. The lowest BCUT2D eigenvalue weighted by Crippen LogP contribution is -2.10. The first-order chi connectivity index (χ1) is 8.58. The summed E-state index contributed by atoms with van der Waals surface area (Å²) in [5.41, 5.74) is 2.17. The Bertz CT molecular complexity index is 443. The fourth-order valence-electron chi connectivity index (χ4n) is 1.59. The smallest absolute Gasteiger partial charge is 0.338 e. The summed E-state index contributed by atoms with van der Waals surface area (Å²) < 4.78 is 4.95. The molecule has 0 unspecified atom stereocenters. The molecule has 4 nitrogen and oxygen atoms in total. The lowest BCUT2D eigenvalue weighted by Gasteiger charge is -2.09. The molecule has 0 amide bonds. The molecule has 0 heterocycles. The second kappa shape index (κ2) is 7.16. The average molecular weight is 315 g/mol. The van der Waals surface area contributed by atoms with Gasteiger partial charge in [-0.3, -0.25) is 4.79 Å². The van der Waals surface area contributed by atoms with Crippen LogP contribution >= 0.6 is 15.9 Å². The maximum Gasteiger partial charge on any atom is 0.338 e. The van der Waals surface area contributed by atoms with E-state index in [0.29, 0.717) is 29.5 Å². The van der Waals surface area contributed by atoms with Crippen molar-refractivity contribution in [3.63, 3.8) is 0 Å². The van der Waals surface area contributed by atoms with Crippen molar-refractivity contribution >= 4 is 27.9 Å². The molecule has 0 spiro atoms. The fourth-order valence-corrected chi connectivity index (χ4v) is 1.94. The van der Waals surface area contributed by atoms with E-state index >= 15 is 0 Å². The summed E-state index contributed by atoms with van der Waals surface area (Å²) in [4.78, 5) is 22.3. The molecule has 0 radical (unpaired) electrons. The van der Waals surface area contributed by atoms with E-state index in [9.17, 15) is 9.59 Å². The Balaban J connectivity index is 2.99. The van der Waals surface area contributed by atoms with Crippen molar-refractivity contribution in [2.75, 3.05) is 6.61 Å². The van der Waals surface area contributed by atoms with Crippen LogP contribution in [0, 0.1) is 0 Å². The predicted molar refractivity (Wildman–Crippen MR) is 71.0 cm³/mol. The van der Waals surface area contributed by atoms with Gasteiger partial charge in [0.25, 0.3) is 0 Å². The molecule has 0 saturated heterocycles. The second-order valence-electron chi connectivity index (χ2n) is 3.74. The largest absolute Gasteiger partial charge is 0.481 e. The zero-order valence-corrected chi connectivity index (χ0v) is 11.7. The van der Waals surface area contributed by atoms with Crippen molar-refractivity contribution in [3.05, 3.63) is 34.9 Å². The lowest BCUT2D eigenvalue weighted by atomic mass is 10.0. The van der Waals surface area contributed by atoms with Crippen molar-refractivity contribution in [3.8, 4) is 0 Å². The molecule has 1 N–H and O–H groups in total. The summed E-state index contributed by atoms with van der Waals surface area (Å²) in [6.07, 6.45) is 0.322. The fraction of sp³-hybridized carbons (Fsp3) is 0.385. The Hall–Kier alpha value is -1.36. The molecule has 0 bridgehead atoms. The van der Waals surface area contributed by atoms with Crippen molar-refractivity contribution in [2.45, 2.75) is 25.1 Å². The van der Waals surface area contributed by atoms with Gasteiger partial charge in [0.2, 0.25) is 0 Å². The molecule has 0 saturated carbocycles. The van der Waals surface area contributed by atoms with Crippen LogP contribution in [0.3, 0.4) is 0 Å². The van der Waals surface area contributed by atoms with E-state index in [2.05, 4.69) is 15.9 Å². The maximum atomic E-state index is 11.7. The third kappa shape index (κ3) is 4.14. The van der Waals surface area contributed by atoms with Gasteiger partial charge in [-0.25, -0.2) is 4.79 Å². The Morgan fingerprint density at radius 1 is 1.39 bits per heavy atom. The van der Waals surface area contributed by atoms with Gasteiger partial charge in [-0.05, 0) is 30.5 Å². The number of hydrogen-bond acceptors (Lipinski definition) is 3. The monoisotopic (exact) mass is 314 g/mol. The molecular formula is C13H15BrO4. The van der Waals surface area contributed by atoms with Crippen LogP contribution in [0.2, 0.25) is 0 Å². The highest BCUT2D eigenvalue weighted by Gasteiger charge is 2.13. The number of rotatable bonds is 6. The number of ether oxygens (including phenoxy) is 1. The molecule has 0 aromatic heterocycles. The maximum absolute atomic E-state index is 11.7. The third-order valence-electron chi connectivity index (χ3n) is 2.43.